The molecule has 5 N–H and O–H groups in total. The Hall–Kier alpha value is -1.70. The van der Waals surface area contributed by atoms with Crippen molar-refractivity contribution in [3.8, 4) is 0 Å². The zero-order chi connectivity index (χ0) is 14.0. The van der Waals surface area contributed by atoms with Gasteiger partial charge in [0.1, 0.15) is 6.04 Å². The summed E-state index contributed by atoms with van der Waals surface area (Å²) in [6.07, 6.45) is 1.31. The zero-order valence-corrected chi connectivity index (χ0v) is 10.7. The molecule has 8 heteroatoms. The summed E-state index contributed by atoms with van der Waals surface area (Å²) in [5.41, 5.74) is 4.88. The lowest BCUT2D eigenvalue weighted by Crippen LogP contribution is -2.48. The molecule has 0 aromatic heterocycles. The smallest absolute Gasteiger partial charge is 0.326 e. The Balaban J connectivity index is 3.91. The van der Waals surface area contributed by atoms with Gasteiger partial charge in [0, 0.05) is 18.1 Å². The van der Waals surface area contributed by atoms with Crippen molar-refractivity contribution < 1.29 is 19.5 Å². The van der Waals surface area contributed by atoms with Crippen molar-refractivity contribution in [2.45, 2.75) is 12.5 Å². The molecule has 1 atom stereocenters. The molecule has 7 nitrogen and oxygen atoms in total. The van der Waals surface area contributed by atoms with E-state index >= 15 is 0 Å². The van der Waals surface area contributed by atoms with E-state index in [4.69, 9.17) is 10.8 Å². The summed E-state index contributed by atoms with van der Waals surface area (Å²) in [6, 6.07) is -1.94. The predicted octanol–water partition coefficient (Wildman–Crippen LogP) is -0.467. The van der Waals surface area contributed by atoms with Gasteiger partial charge in [-0.3, -0.25) is 4.79 Å². The first-order chi connectivity index (χ1) is 8.47. The van der Waals surface area contributed by atoms with E-state index < -0.39 is 30.4 Å². The quantitative estimate of drug-likeness (QED) is 0.335. The molecule has 0 rings (SSSR count). The van der Waals surface area contributed by atoms with Gasteiger partial charge in [-0.25, -0.2) is 9.59 Å². The number of primary amides is 1. The minimum atomic E-state index is -1.30. The molecule has 0 saturated carbocycles. The first kappa shape index (κ1) is 16.3. The van der Waals surface area contributed by atoms with E-state index in [9.17, 15) is 14.4 Å². The Labute approximate surface area is 109 Å². The lowest BCUT2D eigenvalue weighted by atomic mass is 10.2. The van der Waals surface area contributed by atoms with Gasteiger partial charge in [0.15, 0.2) is 0 Å². The summed E-state index contributed by atoms with van der Waals surface area (Å²) >= 11 is 1.58. The van der Waals surface area contributed by atoms with Gasteiger partial charge in [-0.1, -0.05) is 6.08 Å². The van der Waals surface area contributed by atoms with E-state index in [1.807, 2.05) is 0 Å². The molecular formula is C10H17N3O4S. The molecule has 0 aromatic rings. The van der Waals surface area contributed by atoms with E-state index in [0.717, 1.165) is 5.75 Å². The predicted molar refractivity (Wildman–Crippen MR) is 69.3 cm³/mol. The molecule has 0 spiro atoms. The second-order valence-electron chi connectivity index (χ2n) is 3.33. The Kier molecular flexibility index (Phi) is 8.46. The highest BCUT2D eigenvalue weighted by Crippen LogP contribution is 1.97. The third-order valence-electron chi connectivity index (χ3n) is 1.78. The monoisotopic (exact) mass is 275 g/mol. The normalized spacial score (nSPS) is 11.3. The van der Waals surface area contributed by atoms with Gasteiger partial charge >= 0.3 is 12.0 Å². The molecule has 0 heterocycles. The fraction of sp³-hybridized carbons (Fsp3) is 0.500. The number of aliphatic carboxylic acids is 1. The van der Waals surface area contributed by atoms with Crippen molar-refractivity contribution in [3.63, 3.8) is 0 Å². The van der Waals surface area contributed by atoms with Crippen molar-refractivity contribution in [1.82, 2.24) is 10.6 Å². The number of carboxylic acids is 1. The maximum atomic E-state index is 11.3. The second kappa shape index (κ2) is 9.34. The molecule has 102 valence electrons. The third kappa shape index (κ3) is 8.45. The summed E-state index contributed by atoms with van der Waals surface area (Å²) < 4.78 is 0. The number of amides is 3. The zero-order valence-electron chi connectivity index (χ0n) is 9.85. The summed E-state index contributed by atoms with van der Waals surface area (Å²) in [5.74, 6) is -0.621. The van der Waals surface area contributed by atoms with Crippen molar-refractivity contribution in [2.24, 2.45) is 5.73 Å². The maximum Gasteiger partial charge on any atom is 0.326 e. The maximum absolute atomic E-state index is 11.3. The molecule has 3 amide bonds. The number of carbonyl (C=O) groups excluding carboxylic acids is 2. The molecular weight excluding hydrogens is 258 g/mol. The minimum absolute atomic E-state index is 0.396. The van der Waals surface area contributed by atoms with Crippen LogP contribution in [0.5, 0.6) is 0 Å². The number of hydrogen-bond acceptors (Lipinski definition) is 4. The van der Waals surface area contributed by atoms with Gasteiger partial charge < -0.3 is 21.5 Å². The van der Waals surface area contributed by atoms with Crippen molar-refractivity contribution in [2.75, 3.05) is 18.1 Å². The van der Waals surface area contributed by atoms with Crippen LogP contribution in [0.4, 0.5) is 4.79 Å². The average Bonchev–Trinajstić information content (AvgIpc) is 2.27. The van der Waals surface area contributed by atoms with E-state index in [1.165, 1.54) is 0 Å². The Morgan fingerprint density at radius 1 is 1.44 bits per heavy atom. The Bertz CT molecular complexity index is 322. The summed E-state index contributed by atoms with van der Waals surface area (Å²) in [5, 5.41) is 13.4. The number of urea groups is 1. The van der Waals surface area contributed by atoms with Crippen LogP contribution in [0.2, 0.25) is 0 Å². The Morgan fingerprint density at radius 2 is 2.11 bits per heavy atom. The second-order valence-corrected chi connectivity index (χ2v) is 4.47. The number of rotatable bonds is 9. The SMILES string of the molecule is C=CCSCCNC(=O)N[C@H](CC(N)=O)C(=O)O. The van der Waals surface area contributed by atoms with Crippen LogP contribution < -0.4 is 16.4 Å². The first-order valence-corrected chi connectivity index (χ1v) is 6.37. The number of hydrogen-bond donors (Lipinski definition) is 4. The lowest BCUT2D eigenvalue weighted by Gasteiger charge is -2.13. The van der Waals surface area contributed by atoms with Crippen LogP contribution in [-0.2, 0) is 9.59 Å². The number of nitrogens with one attached hydrogen (secondary N) is 2. The summed E-state index contributed by atoms with van der Waals surface area (Å²) in [6.45, 7) is 3.95. The average molecular weight is 275 g/mol. The number of carboxylic acid groups (broad SMARTS) is 1. The van der Waals surface area contributed by atoms with Crippen LogP contribution in [0.15, 0.2) is 12.7 Å². The number of thioether (sulfide) groups is 1. The van der Waals surface area contributed by atoms with Crippen LogP contribution in [0.25, 0.3) is 0 Å². The highest BCUT2D eigenvalue weighted by atomic mass is 32.2. The number of carbonyl (C=O) groups is 3. The van der Waals surface area contributed by atoms with Crippen molar-refractivity contribution >= 4 is 29.7 Å². The molecule has 18 heavy (non-hydrogen) atoms. The fourth-order valence-electron chi connectivity index (χ4n) is 1.01. The fourth-order valence-corrected chi connectivity index (χ4v) is 1.59. The topological polar surface area (TPSA) is 122 Å². The largest absolute Gasteiger partial charge is 0.480 e. The first-order valence-electron chi connectivity index (χ1n) is 5.21. The highest BCUT2D eigenvalue weighted by molar-refractivity contribution is 7.99. The molecule has 0 saturated heterocycles. The Morgan fingerprint density at radius 3 is 2.61 bits per heavy atom. The van der Waals surface area contributed by atoms with E-state index in [0.29, 0.717) is 12.3 Å². The van der Waals surface area contributed by atoms with E-state index in [2.05, 4.69) is 17.2 Å². The van der Waals surface area contributed by atoms with Gasteiger partial charge in [-0.2, -0.15) is 11.8 Å². The molecule has 0 aliphatic rings. The van der Waals surface area contributed by atoms with Gasteiger partial charge in [0.2, 0.25) is 5.91 Å². The third-order valence-corrected chi connectivity index (χ3v) is 2.74. The molecule has 0 aliphatic heterocycles. The molecule has 0 aliphatic carbocycles. The minimum Gasteiger partial charge on any atom is -0.480 e. The molecule has 0 unspecified atom stereocenters. The summed E-state index contributed by atoms with van der Waals surface area (Å²) in [7, 11) is 0. The lowest BCUT2D eigenvalue weighted by molar-refractivity contribution is -0.140. The summed E-state index contributed by atoms with van der Waals surface area (Å²) in [4.78, 5) is 32.6. The van der Waals surface area contributed by atoms with Crippen LogP contribution >= 0.6 is 11.8 Å². The van der Waals surface area contributed by atoms with Gasteiger partial charge in [0.05, 0.1) is 6.42 Å². The molecule has 0 fully saturated rings. The highest BCUT2D eigenvalue weighted by Gasteiger charge is 2.21. The van der Waals surface area contributed by atoms with Gasteiger partial charge in [0.25, 0.3) is 0 Å². The van der Waals surface area contributed by atoms with Gasteiger partial charge in [-0.15, -0.1) is 6.58 Å². The van der Waals surface area contributed by atoms with Crippen LogP contribution in [0, 0.1) is 0 Å². The molecule has 0 bridgehead atoms. The molecule has 0 radical (unpaired) electrons. The molecule has 0 aromatic carbocycles. The number of nitrogens with two attached hydrogens (primary N) is 1. The van der Waals surface area contributed by atoms with Gasteiger partial charge in [-0.05, 0) is 0 Å². The van der Waals surface area contributed by atoms with E-state index in [-0.39, 0.29) is 0 Å². The van der Waals surface area contributed by atoms with Crippen LogP contribution in [-0.4, -0.2) is 47.1 Å². The van der Waals surface area contributed by atoms with Crippen molar-refractivity contribution in [1.29, 1.82) is 0 Å². The van der Waals surface area contributed by atoms with Crippen LogP contribution in [0.3, 0.4) is 0 Å². The van der Waals surface area contributed by atoms with Crippen molar-refractivity contribution in [3.05, 3.63) is 12.7 Å². The van der Waals surface area contributed by atoms with Crippen LogP contribution in [0.1, 0.15) is 6.42 Å². The standard InChI is InChI=1S/C10H17N3O4S/c1-2-4-18-5-3-12-10(17)13-7(9(15)16)6-8(11)14/h2,7H,1,3-6H2,(H2,11,14)(H,15,16)(H2,12,13,17)/t7-/m1/s1. The van der Waals surface area contributed by atoms with E-state index in [1.54, 1.807) is 17.8 Å².